The van der Waals surface area contributed by atoms with Crippen molar-refractivity contribution in [3.05, 3.63) is 12.7 Å². The molecule has 0 aromatic carbocycles. The van der Waals surface area contributed by atoms with Crippen molar-refractivity contribution in [1.29, 1.82) is 0 Å². The van der Waals surface area contributed by atoms with Crippen molar-refractivity contribution in [2.45, 2.75) is 38.1 Å². The van der Waals surface area contributed by atoms with Crippen LogP contribution in [0.3, 0.4) is 0 Å². The van der Waals surface area contributed by atoms with Crippen LogP contribution < -0.4 is 0 Å². The molecule has 0 spiro atoms. The minimum atomic E-state index is -3.48. The van der Waals surface area contributed by atoms with Gasteiger partial charge in [0.1, 0.15) is 0 Å². The third-order valence-corrected chi connectivity index (χ3v) is 4.85. The fraction of sp³-hybridized carbons (Fsp3) is 0.727. The van der Waals surface area contributed by atoms with Crippen LogP contribution in [0.25, 0.3) is 0 Å². The highest BCUT2D eigenvalue weighted by atomic mass is 32.2. The quantitative estimate of drug-likeness (QED) is 0.699. The van der Waals surface area contributed by atoms with Crippen LogP contribution in [0.15, 0.2) is 12.7 Å². The van der Waals surface area contributed by atoms with E-state index in [1.165, 1.54) is 4.31 Å². The van der Waals surface area contributed by atoms with Crippen LogP contribution in [0.2, 0.25) is 0 Å². The molecule has 1 saturated carbocycles. The smallest absolute Gasteiger partial charge is 0.304 e. The number of sulfonamides is 1. The lowest BCUT2D eigenvalue weighted by Gasteiger charge is -2.26. The van der Waals surface area contributed by atoms with Gasteiger partial charge in [-0.1, -0.05) is 18.9 Å². The van der Waals surface area contributed by atoms with E-state index in [0.29, 0.717) is 0 Å². The molecular formula is C11H19NO4S. The van der Waals surface area contributed by atoms with Gasteiger partial charge in [-0.25, -0.2) is 8.42 Å². The molecule has 1 rings (SSSR count). The zero-order valence-corrected chi connectivity index (χ0v) is 10.7. The van der Waals surface area contributed by atoms with Crippen molar-refractivity contribution in [2.75, 3.05) is 12.3 Å². The van der Waals surface area contributed by atoms with Gasteiger partial charge in [-0.05, 0) is 12.8 Å². The zero-order chi connectivity index (χ0) is 12.9. The summed E-state index contributed by atoms with van der Waals surface area (Å²) in [4.78, 5) is 10.4. The zero-order valence-electron chi connectivity index (χ0n) is 9.84. The van der Waals surface area contributed by atoms with Gasteiger partial charge in [0.05, 0.1) is 12.2 Å². The molecule has 0 aromatic rings. The molecule has 98 valence electrons. The number of rotatable bonds is 7. The molecule has 0 unspecified atom stereocenters. The number of carboxylic acid groups (broad SMARTS) is 1. The average molecular weight is 261 g/mol. The van der Waals surface area contributed by atoms with E-state index in [1.807, 2.05) is 0 Å². The van der Waals surface area contributed by atoms with Gasteiger partial charge in [-0.3, -0.25) is 4.79 Å². The molecule has 0 atom stereocenters. The number of hydrogen-bond acceptors (Lipinski definition) is 3. The lowest BCUT2D eigenvalue weighted by Crippen LogP contribution is -2.40. The third kappa shape index (κ3) is 4.12. The van der Waals surface area contributed by atoms with Gasteiger partial charge in [0, 0.05) is 12.6 Å². The maximum Gasteiger partial charge on any atom is 0.304 e. The Balaban J connectivity index is 2.73. The monoisotopic (exact) mass is 261 g/mol. The number of carboxylic acids is 1. The Morgan fingerprint density at radius 3 is 2.47 bits per heavy atom. The first-order chi connectivity index (χ1) is 7.97. The van der Waals surface area contributed by atoms with Crippen molar-refractivity contribution >= 4 is 16.0 Å². The normalized spacial score (nSPS) is 17.5. The van der Waals surface area contributed by atoms with Crippen LogP contribution in [0.5, 0.6) is 0 Å². The van der Waals surface area contributed by atoms with Gasteiger partial charge in [-0.2, -0.15) is 4.31 Å². The van der Waals surface area contributed by atoms with Crippen molar-refractivity contribution in [3.8, 4) is 0 Å². The lowest BCUT2D eigenvalue weighted by molar-refractivity contribution is -0.136. The Kier molecular flexibility index (Phi) is 5.14. The van der Waals surface area contributed by atoms with E-state index >= 15 is 0 Å². The van der Waals surface area contributed by atoms with Crippen LogP contribution in [0.1, 0.15) is 32.1 Å². The van der Waals surface area contributed by atoms with Crippen LogP contribution >= 0.6 is 0 Å². The summed E-state index contributed by atoms with van der Waals surface area (Å²) in [5.74, 6) is -1.41. The lowest BCUT2D eigenvalue weighted by atomic mass is 10.2. The first kappa shape index (κ1) is 14.2. The van der Waals surface area contributed by atoms with E-state index < -0.39 is 16.0 Å². The maximum atomic E-state index is 12.0. The molecule has 1 fully saturated rings. The van der Waals surface area contributed by atoms with Gasteiger partial charge in [0.25, 0.3) is 0 Å². The summed E-state index contributed by atoms with van der Waals surface area (Å²) in [5, 5.41) is 8.55. The Hall–Kier alpha value is -0.880. The Morgan fingerprint density at radius 2 is 2.00 bits per heavy atom. The van der Waals surface area contributed by atoms with E-state index in [1.54, 1.807) is 6.08 Å². The fourth-order valence-corrected chi connectivity index (χ4v) is 3.81. The molecule has 0 saturated heterocycles. The molecule has 1 N–H and O–H groups in total. The van der Waals surface area contributed by atoms with Gasteiger partial charge in [0.2, 0.25) is 10.0 Å². The molecule has 0 aliphatic heterocycles. The molecular weight excluding hydrogens is 242 g/mol. The van der Waals surface area contributed by atoms with Crippen molar-refractivity contribution in [1.82, 2.24) is 4.31 Å². The van der Waals surface area contributed by atoms with Crippen LogP contribution in [-0.2, 0) is 14.8 Å². The first-order valence-electron chi connectivity index (χ1n) is 5.79. The number of aliphatic carboxylic acids is 1. The summed E-state index contributed by atoms with van der Waals surface area (Å²) in [7, 11) is -3.48. The summed E-state index contributed by atoms with van der Waals surface area (Å²) in [6, 6.07) is 0.0202. The molecule has 5 nitrogen and oxygen atoms in total. The average Bonchev–Trinajstić information content (AvgIpc) is 2.76. The third-order valence-electron chi connectivity index (χ3n) is 2.97. The molecule has 1 aliphatic carbocycles. The Morgan fingerprint density at radius 1 is 1.41 bits per heavy atom. The summed E-state index contributed by atoms with van der Waals surface area (Å²) in [6.07, 6.45) is 5.00. The Bertz CT molecular complexity index is 371. The predicted molar refractivity (Wildman–Crippen MR) is 65.2 cm³/mol. The van der Waals surface area contributed by atoms with E-state index in [0.717, 1.165) is 25.7 Å². The van der Waals surface area contributed by atoms with E-state index in [4.69, 9.17) is 5.11 Å². The molecule has 1 aliphatic rings. The minimum Gasteiger partial charge on any atom is -0.481 e. The second-order valence-corrected chi connectivity index (χ2v) is 6.30. The van der Waals surface area contributed by atoms with Crippen LogP contribution in [-0.4, -0.2) is 42.1 Å². The van der Waals surface area contributed by atoms with Crippen LogP contribution in [0, 0.1) is 0 Å². The molecule has 0 aromatic heterocycles. The summed E-state index contributed by atoms with van der Waals surface area (Å²) in [5.41, 5.74) is 0. The summed E-state index contributed by atoms with van der Waals surface area (Å²) in [6.45, 7) is 3.83. The number of hydrogen-bond donors (Lipinski definition) is 1. The molecule has 0 heterocycles. The number of nitrogens with zero attached hydrogens (tertiary/aromatic N) is 1. The summed E-state index contributed by atoms with van der Waals surface area (Å²) < 4.78 is 25.5. The SMILES string of the molecule is C=CCN(C1CCCC1)S(=O)(=O)CCC(=O)O. The highest BCUT2D eigenvalue weighted by Gasteiger charge is 2.31. The topological polar surface area (TPSA) is 74.7 Å². The fourth-order valence-electron chi connectivity index (χ4n) is 2.14. The van der Waals surface area contributed by atoms with E-state index in [9.17, 15) is 13.2 Å². The van der Waals surface area contributed by atoms with Gasteiger partial charge < -0.3 is 5.11 Å². The maximum absolute atomic E-state index is 12.0. The molecule has 0 radical (unpaired) electrons. The van der Waals surface area contributed by atoms with E-state index in [-0.39, 0.29) is 24.8 Å². The highest BCUT2D eigenvalue weighted by molar-refractivity contribution is 7.89. The molecule has 0 bridgehead atoms. The number of carbonyl (C=O) groups is 1. The van der Waals surface area contributed by atoms with Crippen LogP contribution in [0.4, 0.5) is 0 Å². The first-order valence-corrected chi connectivity index (χ1v) is 7.40. The molecule has 0 amide bonds. The van der Waals surface area contributed by atoms with Crippen molar-refractivity contribution < 1.29 is 18.3 Å². The summed E-state index contributed by atoms with van der Waals surface area (Å²) >= 11 is 0. The van der Waals surface area contributed by atoms with Crippen molar-refractivity contribution in [2.24, 2.45) is 0 Å². The second-order valence-electron chi connectivity index (χ2n) is 4.26. The van der Waals surface area contributed by atoms with Gasteiger partial charge >= 0.3 is 5.97 Å². The predicted octanol–water partition coefficient (Wildman–Crippen LogP) is 1.22. The highest BCUT2D eigenvalue weighted by Crippen LogP contribution is 2.25. The second kappa shape index (κ2) is 6.16. The largest absolute Gasteiger partial charge is 0.481 e. The van der Waals surface area contributed by atoms with Gasteiger partial charge in [0.15, 0.2) is 0 Å². The van der Waals surface area contributed by atoms with E-state index in [2.05, 4.69) is 6.58 Å². The molecule has 17 heavy (non-hydrogen) atoms. The Labute approximate surface area is 102 Å². The standard InChI is InChI=1S/C11H19NO4S/c1-2-8-12(10-5-3-4-6-10)17(15,16)9-7-11(13)14/h2,10H,1,3-9H2,(H,13,14). The minimum absolute atomic E-state index is 0.0202. The van der Waals surface area contributed by atoms with Gasteiger partial charge in [-0.15, -0.1) is 6.58 Å². The van der Waals surface area contributed by atoms with Crippen molar-refractivity contribution in [3.63, 3.8) is 0 Å². The molecule has 6 heteroatoms.